The van der Waals surface area contributed by atoms with Gasteiger partial charge in [0.05, 0.1) is 17.8 Å². The molecular formula is C20H29N7O. The smallest absolute Gasteiger partial charge is 0.225 e. The van der Waals surface area contributed by atoms with Gasteiger partial charge in [0, 0.05) is 36.6 Å². The molecule has 1 atom stereocenters. The fourth-order valence-electron chi connectivity index (χ4n) is 4.23. The third-order valence-electron chi connectivity index (χ3n) is 5.61. The van der Waals surface area contributed by atoms with Crippen molar-refractivity contribution >= 4 is 17.7 Å². The minimum atomic E-state index is -0.204. The lowest BCUT2D eigenvalue weighted by Gasteiger charge is -2.37. The predicted molar refractivity (Wildman–Crippen MR) is 109 cm³/mol. The van der Waals surface area contributed by atoms with E-state index in [2.05, 4.69) is 39.0 Å². The Morgan fingerprint density at radius 2 is 1.96 bits per heavy atom. The van der Waals surface area contributed by atoms with Crippen LogP contribution in [0.4, 0.5) is 17.7 Å². The first kappa shape index (κ1) is 18.9. The summed E-state index contributed by atoms with van der Waals surface area (Å²) in [4.78, 5) is 20.2. The number of anilines is 3. The van der Waals surface area contributed by atoms with Gasteiger partial charge in [-0.25, -0.2) is 15.0 Å². The van der Waals surface area contributed by atoms with Crippen molar-refractivity contribution in [3.63, 3.8) is 0 Å². The number of aliphatic hydroxyl groups excluding tert-OH is 1. The average molecular weight is 384 g/mol. The van der Waals surface area contributed by atoms with Crippen LogP contribution in [0.25, 0.3) is 0 Å². The minimum Gasteiger partial charge on any atom is -0.393 e. The van der Waals surface area contributed by atoms with E-state index in [0.29, 0.717) is 0 Å². The molecule has 4 rings (SSSR count). The number of aryl methyl sites for hydroxylation is 1. The van der Waals surface area contributed by atoms with E-state index in [1.807, 2.05) is 19.2 Å². The molecule has 28 heavy (non-hydrogen) atoms. The molecule has 0 radical (unpaired) electrons. The van der Waals surface area contributed by atoms with E-state index in [-0.39, 0.29) is 23.5 Å². The number of hydrogen-bond acceptors (Lipinski definition) is 8. The quantitative estimate of drug-likeness (QED) is 0.740. The number of nitrogen functional groups attached to an aromatic ring is 1. The summed E-state index contributed by atoms with van der Waals surface area (Å²) in [5, 5.41) is 13.3. The third-order valence-corrected chi connectivity index (χ3v) is 5.61. The summed E-state index contributed by atoms with van der Waals surface area (Å²) in [6, 6.07) is 1.98. The van der Waals surface area contributed by atoms with Crippen LogP contribution in [0, 0.1) is 12.3 Å². The molecule has 2 aromatic heterocycles. The average Bonchev–Trinajstić information content (AvgIpc) is 2.60. The van der Waals surface area contributed by atoms with Crippen molar-refractivity contribution in [2.24, 2.45) is 5.41 Å². The number of piperidine rings is 1. The molecule has 1 saturated heterocycles. The van der Waals surface area contributed by atoms with Crippen molar-refractivity contribution in [1.82, 2.24) is 19.9 Å². The minimum absolute atomic E-state index is 0.0738. The Kier molecular flexibility index (Phi) is 4.82. The molecule has 8 nitrogen and oxygen atoms in total. The van der Waals surface area contributed by atoms with Crippen LogP contribution in [-0.2, 0) is 6.42 Å². The standard InChI is InChI=1S/C20H29N7O/c1-12-8-17(26-18(21)23-12)24-15-9-20(2,3)10-16-14(15)11-22-19(25-16)27-6-4-13(28)5-7-27/h8,11,13,15,28H,4-7,9-10H2,1-3H3,(H3,21,23,24,26)/t15-/m1/s1. The van der Waals surface area contributed by atoms with Gasteiger partial charge in [-0.3, -0.25) is 0 Å². The maximum Gasteiger partial charge on any atom is 0.225 e. The Bertz CT molecular complexity index is 841. The Hall–Kier alpha value is -2.48. The van der Waals surface area contributed by atoms with Gasteiger partial charge in [0.25, 0.3) is 0 Å². The van der Waals surface area contributed by atoms with Gasteiger partial charge in [0.15, 0.2) is 0 Å². The Labute approximate surface area is 165 Å². The molecule has 0 aromatic carbocycles. The molecule has 0 spiro atoms. The second kappa shape index (κ2) is 7.16. The van der Waals surface area contributed by atoms with Crippen molar-refractivity contribution in [3.05, 3.63) is 29.2 Å². The summed E-state index contributed by atoms with van der Waals surface area (Å²) in [6.45, 7) is 8.04. The zero-order valence-corrected chi connectivity index (χ0v) is 16.8. The number of fused-ring (bicyclic) bond motifs is 1. The van der Waals surface area contributed by atoms with Gasteiger partial charge >= 0.3 is 0 Å². The van der Waals surface area contributed by atoms with Crippen molar-refractivity contribution in [1.29, 1.82) is 0 Å². The van der Waals surface area contributed by atoms with Crippen LogP contribution in [0.1, 0.15) is 56.1 Å². The molecule has 0 amide bonds. The normalized spacial score (nSPS) is 22.0. The van der Waals surface area contributed by atoms with Gasteiger partial charge in [0.2, 0.25) is 11.9 Å². The van der Waals surface area contributed by atoms with Crippen LogP contribution in [-0.4, -0.2) is 44.2 Å². The van der Waals surface area contributed by atoms with Crippen LogP contribution < -0.4 is 16.0 Å². The van der Waals surface area contributed by atoms with Gasteiger partial charge in [-0.2, -0.15) is 4.98 Å². The first-order valence-electron chi connectivity index (χ1n) is 9.96. The third kappa shape index (κ3) is 4.01. The monoisotopic (exact) mass is 383 g/mol. The van der Waals surface area contributed by atoms with E-state index >= 15 is 0 Å². The number of aliphatic hydroxyl groups is 1. The molecule has 1 fully saturated rings. The second-order valence-corrected chi connectivity index (χ2v) is 8.79. The number of rotatable bonds is 3. The molecule has 150 valence electrons. The summed E-state index contributed by atoms with van der Waals surface area (Å²) in [5.74, 6) is 1.77. The topological polar surface area (TPSA) is 113 Å². The predicted octanol–water partition coefficient (Wildman–Crippen LogP) is 2.24. The van der Waals surface area contributed by atoms with Crippen LogP contribution in [0.2, 0.25) is 0 Å². The Balaban J connectivity index is 1.62. The lowest BCUT2D eigenvalue weighted by molar-refractivity contribution is 0.145. The molecule has 8 heteroatoms. The molecule has 1 aliphatic carbocycles. The zero-order valence-electron chi connectivity index (χ0n) is 16.8. The first-order valence-corrected chi connectivity index (χ1v) is 9.96. The van der Waals surface area contributed by atoms with Gasteiger partial charge in [-0.1, -0.05) is 13.8 Å². The summed E-state index contributed by atoms with van der Waals surface area (Å²) in [6.07, 6.45) is 5.16. The Morgan fingerprint density at radius 1 is 1.21 bits per heavy atom. The highest BCUT2D eigenvalue weighted by Gasteiger charge is 2.34. The van der Waals surface area contributed by atoms with Gasteiger partial charge in [0.1, 0.15) is 5.82 Å². The van der Waals surface area contributed by atoms with E-state index in [1.165, 1.54) is 0 Å². The van der Waals surface area contributed by atoms with Gasteiger partial charge in [-0.05, 0) is 38.0 Å². The maximum atomic E-state index is 9.75. The van der Waals surface area contributed by atoms with Crippen molar-refractivity contribution < 1.29 is 5.11 Å². The number of nitrogens with one attached hydrogen (secondary N) is 1. The summed E-state index contributed by atoms with van der Waals surface area (Å²) < 4.78 is 0. The van der Waals surface area contributed by atoms with Crippen LogP contribution in [0.5, 0.6) is 0 Å². The van der Waals surface area contributed by atoms with E-state index in [9.17, 15) is 5.11 Å². The number of aromatic nitrogens is 4. The number of nitrogens with zero attached hydrogens (tertiary/aromatic N) is 5. The highest BCUT2D eigenvalue weighted by molar-refractivity contribution is 5.45. The molecule has 4 N–H and O–H groups in total. The molecule has 0 saturated carbocycles. The van der Waals surface area contributed by atoms with Crippen LogP contribution in [0.3, 0.4) is 0 Å². The molecule has 2 aromatic rings. The van der Waals surface area contributed by atoms with Gasteiger partial charge < -0.3 is 21.1 Å². The van der Waals surface area contributed by atoms with Crippen LogP contribution in [0.15, 0.2) is 12.3 Å². The van der Waals surface area contributed by atoms with E-state index in [4.69, 9.17) is 10.7 Å². The van der Waals surface area contributed by atoms with Gasteiger partial charge in [-0.15, -0.1) is 0 Å². The fourth-order valence-corrected chi connectivity index (χ4v) is 4.23. The molecule has 2 aliphatic rings. The molecule has 3 heterocycles. The maximum absolute atomic E-state index is 9.75. The molecule has 1 aliphatic heterocycles. The lowest BCUT2D eigenvalue weighted by Crippen LogP contribution is -2.38. The summed E-state index contributed by atoms with van der Waals surface area (Å²) in [5.41, 5.74) is 8.97. The zero-order chi connectivity index (χ0) is 19.9. The summed E-state index contributed by atoms with van der Waals surface area (Å²) >= 11 is 0. The lowest BCUT2D eigenvalue weighted by atomic mass is 9.74. The SMILES string of the molecule is Cc1cc(N[C@@H]2CC(C)(C)Cc3nc(N4CCC(O)CC4)ncc32)nc(N)n1. The number of hydrogen-bond donors (Lipinski definition) is 3. The van der Waals surface area contributed by atoms with Crippen molar-refractivity contribution in [2.45, 2.75) is 58.6 Å². The van der Waals surface area contributed by atoms with Crippen LogP contribution >= 0.6 is 0 Å². The molecule has 0 unspecified atom stereocenters. The van der Waals surface area contributed by atoms with Crippen molar-refractivity contribution in [2.75, 3.05) is 29.0 Å². The van der Waals surface area contributed by atoms with E-state index in [0.717, 1.165) is 67.5 Å². The largest absolute Gasteiger partial charge is 0.393 e. The van der Waals surface area contributed by atoms with Crippen molar-refractivity contribution in [3.8, 4) is 0 Å². The highest BCUT2D eigenvalue weighted by atomic mass is 16.3. The number of nitrogens with two attached hydrogens (primary N) is 1. The molecular weight excluding hydrogens is 354 g/mol. The summed E-state index contributed by atoms with van der Waals surface area (Å²) in [7, 11) is 0. The van der Waals surface area contributed by atoms with E-state index < -0.39 is 0 Å². The molecule has 0 bridgehead atoms. The second-order valence-electron chi connectivity index (χ2n) is 8.79. The Morgan fingerprint density at radius 3 is 2.68 bits per heavy atom. The highest BCUT2D eigenvalue weighted by Crippen LogP contribution is 2.41. The first-order chi connectivity index (χ1) is 13.3. The fraction of sp³-hybridized carbons (Fsp3) is 0.600. The van der Waals surface area contributed by atoms with E-state index in [1.54, 1.807) is 0 Å².